The van der Waals surface area contributed by atoms with Crippen molar-refractivity contribution in [3.8, 4) is 11.1 Å². The zero-order valence-corrected chi connectivity index (χ0v) is 10.1. The van der Waals surface area contributed by atoms with Crippen LogP contribution >= 0.6 is 0 Å². The van der Waals surface area contributed by atoms with E-state index in [1.54, 1.807) is 24.3 Å². The number of halogens is 2. The van der Waals surface area contributed by atoms with Crippen LogP contribution in [0.2, 0.25) is 0 Å². The predicted octanol–water partition coefficient (Wildman–Crippen LogP) is 3.93. The molecule has 19 heavy (non-hydrogen) atoms. The molecule has 0 amide bonds. The average Bonchev–Trinajstić information content (AvgIpc) is 3.18. The highest BCUT2D eigenvalue weighted by Crippen LogP contribution is 2.49. The molecule has 2 aromatic rings. The lowest BCUT2D eigenvalue weighted by Gasteiger charge is -2.10. The Morgan fingerprint density at radius 3 is 2.53 bits per heavy atom. The summed E-state index contributed by atoms with van der Waals surface area (Å²) in [5.74, 6) is -0.702. The molecule has 96 valence electrons. The van der Waals surface area contributed by atoms with Crippen molar-refractivity contribution in [2.75, 3.05) is 0 Å². The van der Waals surface area contributed by atoms with Crippen molar-refractivity contribution in [1.29, 1.82) is 0 Å². The third-order valence-corrected chi connectivity index (χ3v) is 3.59. The molecule has 1 fully saturated rings. The summed E-state index contributed by atoms with van der Waals surface area (Å²) in [7, 11) is 0. The highest BCUT2D eigenvalue weighted by Gasteiger charge is 2.39. The summed E-state index contributed by atoms with van der Waals surface area (Å²) in [5.41, 5.74) is 1.78. The van der Waals surface area contributed by atoms with Crippen LogP contribution in [-0.4, -0.2) is 6.29 Å². The molecular formula is C16H12F2O. The molecule has 0 aliphatic heterocycles. The molecule has 1 aliphatic rings. The fourth-order valence-electron chi connectivity index (χ4n) is 2.49. The molecule has 0 radical (unpaired) electrons. The van der Waals surface area contributed by atoms with Gasteiger partial charge in [0.15, 0.2) is 0 Å². The van der Waals surface area contributed by atoms with Crippen LogP contribution < -0.4 is 0 Å². The molecule has 2 atom stereocenters. The Kier molecular flexibility index (Phi) is 2.90. The number of rotatable bonds is 3. The molecule has 0 saturated heterocycles. The predicted molar refractivity (Wildman–Crippen MR) is 68.7 cm³/mol. The van der Waals surface area contributed by atoms with Gasteiger partial charge in [0.25, 0.3) is 0 Å². The summed E-state index contributed by atoms with van der Waals surface area (Å²) in [6.07, 6.45) is 1.68. The van der Waals surface area contributed by atoms with Gasteiger partial charge in [-0.2, -0.15) is 0 Å². The van der Waals surface area contributed by atoms with Gasteiger partial charge in [-0.05, 0) is 41.7 Å². The maximum Gasteiger partial charge on any atom is 0.131 e. The van der Waals surface area contributed by atoms with Gasteiger partial charge in [-0.3, -0.25) is 0 Å². The number of hydrogen-bond donors (Lipinski definition) is 0. The Balaban J connectivity index is 2.12. The average molecular weight is 258 g/mol. The number of carbonyl (C=O) groups is 1. The second kappa shape index (κ2) is 4.57. The van der Waals surface area contributed by atoms with E-state index in [2.05, 4.69) is 0 Å². The maximum atomic E-state index is 13.9. The van der Waals surface area contributed by atoms with Crippen LogP contribution in [0.4, 0.5) is 8.78 Å². The third-order valence-electron chi connectivity index (χ3n) is 3.59. The molecule has 2 aromatic carbocycles. The van der Waals surface area contributed by atoms with E-state index in [-0.39, 0.29) is 17.7 Å². The first-order chi connectivity index (χ1) is 9.20. The Labute approximate surface area is 109 Å². The Morgan fingerprint density at radius 1 is 1.05 bits per heavy atom. The van der Waals surface area contributed by atoms with Crippen LogP contribution in [0.25, 0.3) is 11.1 Å². The first kappa shape index (κ1) is 12.0. The molecule has 2 unspecified atom stereocenters. The molecule has 3 heteroatoms. The smallest absolute Gasteiger partial charge is 0.131 e. The molecule has 1 saturated carbocycles. The van der Waals surface area contributed by atoms with Gasteiger partial charge in [0.2, 0.25) is 0 Å². The van der Waals surface area contributed by atoms with E-state index in [0.717, 1.165) is 18.3 Å². The Hall–Kier alpha value is -2.03. The van der Waals surface area contributed by atoms with Crippen molar-refractivity contribution < 1.29 is 13.6 Å². The minimum absolute atomic E-state index is 0.0176. The SMILES string of the molecule is O=CC1CC1c1ccc(F)cc1-c1ccccc1F. The summed E-state index contributed by atoms with van der Waals surface area (Å²) < 4.78 is 27.3. The zero-order chi connectivity index (χ0) is 13.4. The standard InChI is InChI=1S/C16H12F2O/c17-11-5-6-12(14-7-10(14)9-19)15(8-11)13-3-1-2-4-16(13)18/h1-6,8-10,14H,7H2. The molecule has 0 bridgehead atoms. The Bertz CT molecular complexity index is 636. The van der Waals surface area contributed by atoms with Crippen molar-refractivity contribution in [3.63, 3.8) is 0 Å². The topological polar surface area (TPSA) is 17.1 Å². The van der Waals surface area contributed by atoms with Gasteiger partial charge in [0.05, 0.1) is 0 Å². The Morgan fingerprint density at radius 2 is 1.84 bits per heavy atom. The number of carbonyl (C=O) groups excluding carboxylic acids is 1. The molecule has 1 nitrogen and oxygen atoms in total. The van der Waals surface area contributed by atoms with Gasteiger partial charge in [0.1, 0.15) is 17.9 Å². The molecular weight excluding hydrogens is 246 g/mol. The van der Waals surface area contributed by atoms with Crippen LogP contribution in [0, 0.1) is 17.6 Å². The number of aldehydes is 1. The molecule has 0 heterocycles. The fourth-order valence-corrected chi connectivity index (χ4v) is 2.49. The van der Waals surface area contributed by atoms with Gasteiger partial charge in [-0.25, -0.2) is 8.78 Å². The summed E-state index contributed by atoms with van der Waals surface area (Å²) in [6, 6.07) is 10.7. The van der Waals surface area contributed by atoms with Crippen molar-refractivity contribution in [2.45, 2.75) is 12.3 Å². The van der Waals surface area contributed by atoms with E-state index >= 15 is 0 Å². The third kappa shape index (κ3) is 2.16. The summed E-state index contributed by atoms with van der Waals surface area (Å²) in [5, 5.41) is 0. The molecule has 0 spiro atoms. The second-order valence-corrected chi connectivity index (χ2v) is 4.85. The monoisotopic (exact) mass is 258 g/mol. The van der Waals surface area contributed by atoms with E-state index in [0.29, 0.717) is 11.1 Å². The van der Waals surface area contributed by atoms with Gasteiger partial charge in [-0.15, -0.1) is 0 Å². The van der Waals surface area contributed by atoms with Crippen LogP contribution in [0.3, 0.4) is 0 Å². The van der Waals surface area contributed by atoms with Gasteiger partial charge in [-0.1, -0.05) is 24.3 Å². The summed E-state index contributed by atoms with van der Waals surface area (Å²) in [6.45, 7) is 0. The maximum absolute atomic E-state index is 13.9. The second-order valence-electron chi connectivity index (χ2n) is 4.85. The number of benzene rings is 2. The minimum Gasteiger partial charge on any atom is -0.303 e. The molecule has 0 N–H and O–H groups in total. The van der Waals surface area contributed by atoms with Gasteiger partial charge >= 0.3 is 0 Å². The van der Waals surface area contributed by atoms with E-state index in [1.807, 2.05) is 0 Å². The van der Waals surface area contributed by atoms with E-state index in [4.69, 9.17) is 0 Å². The van der Waals surface area contributed by atoms with Crippen LogP contribution in [0.5, 0.6) is 0 Å². The molecule has 3 rings (SSSR count). The lowest BCUT2D eigenvalue weighted by molar-refractivity contribution is -0.108. The zero-order valence-electron chi connectivity index (χ0n) is 10.1. The van der Waals surface area contributed by atoms with Crippen molar-refractivity contribution in [2.24, 2.45) is 5.92 Å². The highest BCUT2D eigenvalue weighted by atomic mass is 19.1. The van der Waals surface area contributed by atoms with Crippen molar-refractivity contribution in [3.05, 3.63) is 59.7 Å². The molecule has 0 aromatic heterocycles. The minimum atomic E-state index is -0.398. The highest BCUT2D eigenvalue weighted by molar-refractivity contribution is 5.72. The summed E-state index contributed by atoms with van der Waals surface area (Å²) >= 11 is 0. The van der Waals surface area contributed by atoms with Crippen LogP contribution in [0.1, 0.15) is 17.9 Å². The normalized spacial score (nSPS) is 21.2. The van der Waals surface area contributed by atoms with Gasteiger partial charge in [0, 0.05) is 11.5 Å². The number of hydrogen-bond acceptors (Lipinski definition) is 1. The molecule has 1 aliphatic carbocycles. The fraction of sp³-hybridized carbons (Fsp3) is 0.188. The lowest BCUT2D eigenvalue weighted by atomic mass is 9.95. The first-order valence-electron chi connectivity index (χ1n) is 6.20. The summed E-state index contributed by atoms with van der Waals surface area (Å²) in [4.78, 5) is 10.8. The van der Waals surface area contributed by atoms with E-state index in [1.165, 1.54) is 18.2 Å². The van der Waals surface area contributed by atoms with Gasteiger partial charge < -0.3 is 4.79 Å². The largest absolute Gasteiger partial charge is 0.303 e. The van der Waals surface area contributed by atoms with E-state index < -0.39 is 5.82 Å². The lowest BCUT2D eigenvalue weighted by Crippen LogP contribution is -1.93. The van der Waals surface area contributed by atoms with Crippen LogP contribution in [-0.2, 0) is 4.79 Å². The van der Waals surface area contributed by atoms with Crippen LogP contribution in [0.15, 0.2) is 42.5 Å². The van der Waals surface area contributed by atoms with E-state index in [9.17, 15) is 13.6 Å². The quantitative estimate of drug-likeness (QED) is 0.762. The first-order valence-corrected chi connectivity index (χ1v) is 6.20. The van der Waals surface area contributed by atoms with Crippen molar-refractivity contribution >= 4 is 6.29 Å². The van der Waals surface area contributed by atoms with Crippen molar-refractivity contribution in [1.82, 2.24) is 0 Å².